The first-order valence-corrected chi connectivity index (χ1v) is 12.9. The number of anilines is 2. The molecule has 0 amide bonds. The van der Waals surface area contributed by atoms with Gasteiger partial charge in [-0.2, -0.15) is 0 Å². The number of hydrogen-bond donors (Lipinski definition) is 2. The molecule has 0 unspecified atom stereocenters. The lowest BCUT2D eigenvalue weighted by molar-refractivity contribution is 0.0697. The highest BCUT2D eigenvalue weighted by Crippen LogP contribution is 2.32. The number of thiophene rings is 1. The maximum absolute atomic E-state index is 12.6. The van der Waals surface area contributed by atoms with E-state index in [0.717, 1.165) is 43.7 Å². The Balaban J connectivity index is 1.47. The highest BCUT2D eigenvalue weighted by atomic mass is 35.5. The van der Waals surface area contributed by atoms with Crippen molar-refractivity contribution < 1.29 is 18.3 Å². The molecule has 6 nitrogen and oxygen atoms in total. The normalized spacial score (nSPS) is 15.0. The van der Waals surface area contributed by atoms with Gasteiger partial charge in [-0.15, -0.1) is 11.3 Å². The third-order valence-electron chi connectivity index (χ3n) is 5.62. The summed E-state index contributed by atoms with van der Waals surface area (Å²) in [4.78, 5) is 14.0. The second-order valence-corrected chi connectivity index (χ2v) is 11.4. The number of nitrogens with zero attached hydrogens (tertiary/aromatic N) is 1. The number of piperidine rings is 1. The molecule has 0 spiro atoms. The summed E-state index contributed by atoms with van der Waals surface area (Å²) in [6, 6.07) is 18.0. The van der Waals surface area contributed by atoms with Gasteiger partial charge in [-0.1, -0.05) is 41.9 Å². The molecule has 1 fully saturated rings. The van der Waals surface area contributed by atoms with Gasteiger partial charge in [0.2, 0.25) is 0 Å². The average Bonchev–Trinajstić information content (AvgIpc) is 3.22. The van der Waals surface area contributed by atoms with Crippen molar-refractivity contribution in [2.75, 3.05) is 22.7 Å². The first kappa shape index (κ1) is 22.6. The third-order valence-corrected chi connectivity index (χ3v) is 8.72. The van der Waals surface area contributed by atoms with Crippen LogP contribution in [0.25, 0.3) is 0 Å². The van der Waals surface area contributed by atoms with Crippen LogP contribution in [0.4, 0.5) is 11.4 Å². The highest BCUT2D eigenvalue weighted by Gasteiger charge is 2.24. The summed E-state index contributed by atoms with van der Waals surface area (Å²) in [5.41, 5.74) is 2.21. The number of nitrogens with one attached hydrogen (secondary N) is 1. The predicted octanol–water partition coefficient (Wildman–Crippen LogP) is 5.36. The van der Waals surface area contributed by atoms with E-state index in [9.17, 15) is 18.3 Å². The molecule has 9 heteroatoms. The van der Waals surface area contributed by atoms with Crippen LogP contribution < -0.4 is 9.62 Å². The second kappa shape index (κ2) is 9.52. The molecule has 2 aromatic carbocycles. The SMILES string of the molecule is O=C(O)c1cc(NS(=O)(=O)c2ccc(Cl)s2)ccc1N1CCC(Cc2ccccc2)CC1. The van der Waals surface area contributed by atoms with E-state index in [1.807, 2.05) is 18.2 Å². The van der Waals surface area contributed by atoms with Gasteiger partial charge in [0.1, 0.15) is 4.21 Å². The molecule has 2 N–H and O–H groups in total. The maximum atomic E-state index is 12.6. The van der Waals surface area contributed by atoms with E-state index >= 15 is 0 Å². The lowest BCUT2D eigenvalue weighted by Gasteiger charge is -2.34. The zero-order valence-electron chi connectivity index (χ0n) is 17.2. The minimum atomic E-state index is -3.83. The van der Waals surface area contributed by atoms with Gasteiger partial charge in [0, 0.05) is 18.8 Å². The van der Waals surface area contributed by atoms with Crippen molar-refractivity contribution in [1.29, 1.82) is 0 Å². The van der Waals surface area contributed by atoms with Gasteiger partial charge >= 0.3 is 5.97 Å². The van der Waals surface area contributed by atoms with Gasteiger partial charge in [-0.3, -0.25) is 4.72 Å². The summed E-state index contributed by atoms with van der Waals surface area (Å²) >= 11 is 6.78. The van der Waals surface area contributed by atoms with Crippen LogP contribution >= 0.6 is 22.9 Å². The second-order valence-electron chi connectivity index (χ2n) is 7.82. The van der Waals surface area contributed by atoms with E-state index in [4.69, 9.17) is 11.6 Å². The van der Waals surface area contributed by atoms with Gasteiger partial charge in [-0.05, 0) is 61.1 Å². The molecule has 0 atom stereocenters. The van der Waals surface area contributed by atoms with Crippen molar-refractivity contribution >= 4 is 50.3 Å². The fraction of sp³-hybridized carbons (Fsp3) is 0.261. The summed E-state index contributed by atoms with van der Waals surface area (Å²) in [5, 5.41) is 9.77. The van der Waals surface area contributed by atoms with Crippen molar-refractivity contribution in [2.45, 2.75) is 23.5 Å². The Morgan fingerprint density at radius 1 is 1.09 bits per heavy atom. The monoisotopic (exact) mass is 490 g/mol. The zero-order valence-corrected chi connectivity index (χ0v) is 19.6. The van der Waals surface area contributed by atoms with Crippen LogP contribution in [0.3, 0.4) is 0 Å². The number of rotatable bonds is 7. The van der Waals surface area contributed by atoms with Crippen LogP contribution in [-0.4, -0.2) is 32.6 Å². The fourth-order valence-corrected chi connectivity index (χ4v) is 6.55. The number of aromatic carboxylic acids is 1. The Labute approximate surface area is 196 Å². The lowest BCUT2D eigenvalue weighted by Crippen LogP contribution is -2.35. The fourth-order valence-electron chi connectivity index (χ4n) is 4.02. The zero-order chi connectivity index (χ0) is 22.7. The number of carboxylic acids is 1. The molecule has 32 heavy (non-hydrogen) atoms. The molecule has 1 saturated heterocycles. The average molecular weight is 491 g/mol. The topological polar surface area (TPSA) is 86.7 Å². The first-order valence-electron chi connectivity index (χ1n) is 10.3. The molecule has 1 aromatic heterocycles. The third kappa shape index (κ3) is 5.26. The molecule has 0 bridgehead atoms. The van der Waals surface area contributed by atoms with Crippen LogP contribution in [0.1, 0.15) is 28.8 Å². The van der Waals surface area contributed by atoms with Crippen LogP contribution in [-0.2, 0) is 16.4 Å². The molecule has 168 valence electrons. The number of benzene rings is 2. The first-order chi connectivity index (χ1) is 15.3. The Morgan fingerprint density at radius 2 is 1.81 bits per heavy atom. The van der Waals surface area contributed by atoms with Crippen molar-refractivity contribution in [3.8, 4) is 0 Å². The lowest BCUT2D eigenvalue weighted by atomic mass is 9.90. The maximum Gasteiger partial charge on any atom is 0.337 e. The van der Waals surface area contributed by atoms with Crippen molar-refractivity contribution in [3.63, 3.8) is 0 Å². The predicted molar refractivity (Wildman–Crippen MR) is 129 cm³/mol. The van der Waals surface area contributed by atoms with E-state index in [-0.39, 0.29) is 15.5 Å². The minimum Gasteiger partial charge on any atom is -0.478 e. The largest absolute Gasteiger partial charge is 0.478 e. The van der Waals surface area contributed by atoms with E-state index < -0.39 is 16.0 Å². The quantitative estimate of drug-likeness (QED) is 0.465. The Bertz CT molecular complexity index is 1200. The molecule has 1 aliphatic heterocycles. The molecule has 0 saturated carbocycles. The number of carbonyl (C=O) groups is 1. The summed E-state index contributed by atoms with van der Waals surface area (Å²) in [6.07, 6.45) is 2.97. The van der Waals surface area contributed by atoms with Crippen molar-refractivity contribution in [2.24, 2.45) is 5.92 Å². The standard InChI is InChI=1S/C23H23ClN2O4S2/c24-21-8-9-22(31-21)32(29,30)25-18-6-7-20(19(15-18)23(27)28)26-12-10-17(11-13-26)14-16-4-2-1-3-5-16/h1-9,15,17,25H,10-14H2,(H,27,28). The van der Waals surface area contributed by atoms with E-state index in [1.54, 1.807) is 12.1 Å². The van der Waals surface area contributed by atoms with Crippen LogP contribution in [0.15, 0.2) is 64.9 Å². The smallest absolute Gasteiger partial charge is 0.337 e. The molecule has 2 heterocycles. The van der Waals surface area contributed by atoms with Crippen LogP contribution in [0.5, 0.6) is 0 Å². The van der Waals surface area contributed by atoms with Crippen LogP contribution in [0, 0.1) is 5.92 Å². The number of carboxylic acid groups (broad SMARTS) is 1. The summed E-state index contributed by atoms with van der Waals surface area (Å²) in [5.74, 6) is -0.530. The number of sulfonamides is 1. The summed E-state index contributed by atoms with van der Waals surface area (Å²) in [7, 11) is -3.83. The Morgan fingerprint density at radius 3 is 2.44 bits per heavy atom. The Hall–Kier alpha value is -2.55. The van der Waals surface area contributed by atoms with Crippen molar-refractivity contribution in [3.05, 3.63) is 76.1 Å². The van der Waals surface area contributed by atoms with Crippen LogP contribution in [0.2, 0.25) is 4.34 Å². The molecule has 3 aromatic rings. The number of hydrogen-bond acceptors (Lipinski definition) is 5. The van der Waals surface area contributed by atoms with Gasteiger partial charge in [0.25, 0.3) is 10.0 Å². The van der Waals surface area contributed by atoms with E-state index in [2.05, 4.69) is 21.8 Å². The molecule has 0 aliphatic carbocycles. The summed E-state index contributed by atoms with van der Waals surface area (Å²) < 4.78 is 28.0. The molecule has 1 aliphatic rings. The van der Waals surface area contributed by atoms with E-state index in [1.165, 1.54) is 23.8 Å². The van der Waals surface area contributed by atoms with Gasteiger partial charge < -0.3 is 10.0 Å². The molecule has 0 radical (unpaired) electrons. The summed E-state index contributed by atoms with van der Waals surface area (Å²) in [6.45, 7) is 1.52. The van der Waals surface area contributed by atoms with Gasteiger partial charge in [0.05, 0.1) is 15.6 Å². The van der Waals surface area contributed by atoms with Crippen molar-refractivity contribution in [1.82, 2.24) is 0 Å². The van der Waals surface area contributed by atoms with Gasteiger partial charge in [0.15, 0.2) is 0 Å². The highest BCUT2D eigenvalue weighted by molar-refractivity contribution is 7.94. The minimum absolute atomic E-state index is 0.0731. The molecular weight excluding hydrogens is 468 g/mol. The van der Waals surface area contributed by atoms with Gasteiger partial charge in [-0.25, -0.2) is 13.2 Å². The van der Waals surface area contributed by atoms with E-state index in [0.29, 0.717) is 15.9 Å². The Kier molecular flexibility index (Phi) is 6.74. The number of halogens is 1. The molecular formula is C23H23ClN2O4S2. The molecule has 4 rings (SSSR count).